The largest absolute Gasteiger partial charge is 0.396 e. The summed E-state index contributed by atoms with van der Waals surface area (Å²) in [7, 11) is 0. The van der Waals surface area contributed by atoms with Crippen LogP contribution in [0, 0.1) is 19.8 Å². The molecule has 3 N–H and O–H groups in total. The van der Waals surface area contributed by atoms with Gasteiger partial charge >= 0.3 is 0 Å². The van der Waals surface area contributed by atoms with E-state index < -0.39 is 0 Å². The zero-order valence-electron chi connectivity index (χ0n) is 13.2. The Kier molecular flexibility index (Phi) is 5.55. The van der Waals surface area contributed by atoms with Crippen molar-refractivity contribution < 1.29 is 14.7 Å². The first-order valence-electron chi connectivity index (χ1n) is 7.76. The average Bonchev–Trinajstić information content (AvgIpc) is 3.27. The van der Waals surface area contributed by atoms with E-state index in [0.29, 0.717) is 17.9 Å². The molecular formula is C17H24N2O3. The van der Waals surface area contributed by atoms with Crippen molar-refractivity contribution >= 4 is 11.8 Å². The fraction of sp³-hybridized carbons (Fsp3) is 0.529. The van der Waals surface area contributed by atoms with Crippen molar-refractivity contribution in [2.24, 2.45) is 5.92 Å². The van der Waals surface area contributed by atoms with Crippen molar-refractivity contribution in [2.45, 2.75) is 39.2 Å². The second-order valence-corrected chi connectivity index (χ2v) is 6.08. The zero-order chi connectivity index (χ0) is 16.1. The summed E-state index contributed by atoms with van der Waals surface area (Å²) in [5.74, 6) is 0.0291. The standard InChI is InChI=1S/C17H24N2O3/c1-11-7-12(2)9-14(8-11)17(22)18-10-16(21)19-15(5-6-20)13-3-4-13/h7-9,13,15,20H,3-6,10H2,1-2H3,(H,18,22)(H,19,21). The number of hydrogen-bond donors (Lipinski definition) is 3. The van der Waals surface area contributed by atoms with Gasteiger partial charge in [0.25, 0.3) is 5.91 Å². The lowest BCUT2D eigenvalue weighted by atomic mass is 10.1. The molecule has 1 unspecified atom stereocenters. The van der Waals surface area contributed by atoms with Crippen molar-refractivity contribution in [3.05, 3.63) is 34.9 Å². The number of hydrogen-bond acceptors (Lipinski definition) is 3. The van der Waals surface area contributed by atoms with Gasteiger partial charge in [-0.05, 0) is 51.2 Å². The third kappa shape index (κ3) is 4.84. The van der Waals surface area contributed by atoms with E-state index in [1.165, 1.54) is 0 Å². The molecule has 5 nitrogen and oxygen atoms in total. The molecule has 22 heavy (non-hydrogen) atoms. The first kappa shape index (κ1) is 16.5. The minimum Gasteiger partial charge on any atom is -0.396 e. The maximum Gasteiger partial charge on any atom is 0.251 e. The lowest BCUT2D eigenvalue weighted by molar-refractivity contribution is -0.121. The highest BCUT2D eigenvalue weighted by atomic mass is 16.3. The third-order valence-electron chi connectivity index (χ3n) is 3.87. The SMILES string of the molecule is Cc1cc(C)cc(C(=O)NCC(=O)NC(CCO)C2CC2)c1. The fourth-order valence-corrected chi connectivity index (χ4v) is 2.69. The molecule has 1 aliphatic carbocycles. The first-order valence-corrected chi connectivity index (χ1v) is 7.76. The van der Waals surface area contributed by atoms with Crippen molar-refractivity contribution in [1.82, 2.24) is 10.6 Å². The summed E-state index contributed by atoms with van der Waals surface area (Å²) in [6, 6.07) is 5.63. The fourth-order valence-electron chi connectivity index (χ4n) is 2.69. The molecule has 0 bridgehead atoms. The van der Waals surface area contributed by atoms with Gasteiger partial charge in [-0.3, -0.25) is 9.59 Å². The maximum atomic E-state index is 12.1. The number of aliphatic hydroxyl groups is 1. The summed E-state index contributed by atoms with van der Waals surface area (Å²) in [5, 5.41) is 14.6. The molecular weight excluding hydrogens is 280 g/mol. The maximum absolute atomic E-state index is 12.1. The molecule has 0 radical (unpaired) electrons. The molecule has 1 aliphatic rings. The molecule has 1 saturated carbocycles. The van der Waals surface area contributed by atoms with Crippen LogP contribution in [0.15, 0.2) is 18.2 Å². The van der Waals surface area contributed by atoms with Crippen molar-refractivity contribution in [1.29, 1.82) is 0 Å². The Labute approximate surface area is 131 Å². The van der Waals surface area contributed by atoms with Crippen LogP contribution in [-0.2, 0) is 4.79 Å². The van der Waals surface area contributed by atoms with E-state index in [2.05, 4.69) is 10.6 Å². The van der Waals surface area contributed by atoms with Gasteiger partial charge in [-0.25, -0.2) is 0 Å². The molecule has 0 spiro atoms. The summed E-state index contributed by atoms with van der Waals surface area (Å²) in [6.45, 7) is 3.90. The molecule has 1 aromatic carbocycles. The van der Waals surface area contributed by atoms with Gasteiger partial charge in [0.2, 0.25) is 5.91 Å². The van der Waals surface area contributed by atoms with Crippen LogP contribution in [0.5, 0.6) is 0 Å². The topological polar surface area (TPSA) is 78.4 Å². The van der Waals surface area contributed by atoms with Crippen LogP contribution in [0.4, 0.5) is 0 Å². The Balaban J connectivity index is 1.83. The van der Waals surface area contributed by atoms with E-state index in [1.54, 1.807) is 12.1 Å². The third-order valence-corrected chi connectivity index (χ3v) is 3.87. The second kappa shape index (κ2) is 7.40. The number of carbonyl (C=O) groups excluding carboxylic acids is 2. The van der Waals surface area contributed by atoms with E-state index in [1.807, 2.05) is 19.9 Å². The van der Waals surface area contributed by atoms with Gasteiger partial charge in [0, 0.05) is 18.2 Å². The molecule has 2 amide bonds. The number of amides is 2. The smallest absolute Gasteiger partial charge is 0.251 e. The average molecular weight is 304 g/mol. The van der Waals surface area contributed by atoms with Crippen LogP contribution in [0.1, 0.15) is 40.7 Å². The number of benzene rings is 1. The van der Waals surface area contributed by atoms with Gasteiger partial charge in [-0.2, -0.15) is 0 Å². The summed E-state index contributed by atoms with van der Waals surface area (Å²) in [4.78, 5) is 24.0. The van der Waals surface area contributed by atoms with Gasteiger partial charge < -0.3 is 15.7 Å². The number of nitrogens with one attached hydrogen (secondary N) is 2. The minimum atomic E-state index is -0.243. The predicted octanol–water partition coefficient (Wildman–Crippen LogP) is 1.31. The molecule has 2 rings (SSSR count). The molecule has 120 valence electrons. The Bertz CT molecular complexity index is 533. The van der Waals surface area contributed by atoms with Crippen LogP contribution >= 0.6 is 0 Å². The van der Waals surface area contributed by atoms with E-state index in [4.69, 9.17) is 5.11 Å². The number of aryl methyl sites for hydroxylation is 2. The Hall–Kier alpha value is -1.88. The van der Waals surface area contributed by atoms with Crippen LogP contribution in [0.25, 0.3) is 0 Å². The summed E-state index contributed by atoms with van der Waals surface area (Å²) in [6.07, 6.45) is 2.77. The Morgan fingerprint density at radius 2 is 1.86 bits per heavy atom. The second-order valence-electron chi connectivity index (χ2n) is 6.08. The van der Waals surface area contributed by atoms with Crippen molar-refractivity contribution in [3.8, 4) is 0 Å². The van der Waals surface area contributed by atoms with Crippen LogP contribution in [-0.4, -0.2) is 36.1 Å². The molecule has 1 atom stereocenters. The summed E-state index contributed by atoms with van der Waals surface area (Å²) < 4.78 is 0. The highest BCUT2D eigenvalue weighted by Gasteiger charge is 2.31. The highest BCUT2D eigenvalue weighted by Crippen LogP contribution is 2.33. The van der Waals surface area contributed by atoms with E-state index in [0.717, 1.165) is 24.0 Å². The first-order chi connectivity index (χ1) is 10.5. The highest BCUT2D eigenvalue weighted by molar-refractivity contribution is 5.96. The number of rotatable bonds is 7. The van der Waals surface area contributed by atoms with Crippen LogP contribution < -0.4 is 10.6 Å². The summed E-state index contributed by atoms with van der Waals surface area (Å²) >= 11 is 0. The summed E-state index contributed by atoms with van der Waals surface area (Å²) in [5.41, 5.74) is 2.61. The van der Waals surface area contributed by atoms with Gasteiger partial charge in [0.15, 0.2) is 0 Å². The molecule has 0 saturated heterocycles. The predicted molar refractivity (Wildman–Crippen MR) is 84.6 cm³/mol. The molecule has 0 aromatic heterocycles. The zero-order valence-corrected chi connectivity index (χ0v) is 13.2. The van der Waals surface area contributed by atoms with Crippen LogP contribution in [0.2, 0.25) is 0 Å². The molecule has 0 aliphatic heterocycles. The Morgan fingerprint density at radius 1 is 1.23 bits per heavy atom. The quantitative estimate of drug-likeness (QED) is 0.711. The number of aliphatic hydroxyl groups excluding tert-OH is 1. The minimum absolute atomic E-state index is 0.0237. The van der Waals surface area contributed by atoms with Gasteiger partial charge in [0.1, 0.15) is 0 Å². The van der Waals surface area contributed by atoms with E-state index in [9.17, 15) is 9.59 Å². The van der Waals surface area contributed by atoms with Crippen LogP contribution in [0.3, 0.4) is 0 Å². The molecule has 1 aromatic rings. The van der Waals surface area contributed by atoms with Gasteiger partial charge in [0.05, 0.1) is 6.54 Å². The van der Waals surface area contributed by atoms with E-state index >= 15 is 0 Å². The number of carbonyl (C=O) groups is 2. The van der Waals surface area contributed by atoms with Crippen molar-refractivity contribution in [3.63, 3.8) is 0 Å². The normalized spacial score (nSPS) is 15.2. The monoisotopic (exact) mass is 304 g/mol. The van der Waals surface area contributed by atoms with Gasteiger partial charge in [-0.1, -0.05) is 17.2 Å². The molecule has 1 fully saturated rings. The van der Waals surface area contributed by atoms with Gasteiger partial charge in [-0.15, -0.1) is 0 Å². The lowest BCUT2D eigenvalue weighted by Crippen LogP contribution is -2.43. The lowest BCUT2D eigenvalue weighted by Gasteiger charge is -2.17. The van der Waals surface area contributed by atoms with Crippen molar-refractivity contribution in [2.75, 3.05) is 13.2 Å². The molecule has 0 heterocycles. The van der Waals surface area contributed by atoms with E-state index in [-0.39, 0.29) is 31.0 Å². The molecule has 5 heteroatoms. The Morgan fingerprint density at radius 3 is 2.41 bits per heavy atom.